The van der Waals surface area contributed by atoms with Crippen molar-refractivity contribution >= 4 is 23.5 Å². The van der Waals surface area contributed by atoms with Crippen molar-refractivity contribution in [3.05, 3.63) is 29.8 Å². The highest BCUT2D eigenvalue weighted by Gasteiger charge is 2.35. The Bertz CT molecular complexity index is 623. The molecule has 26 heavy (non-hydrogen) atoms. The van der Waals surface area contributed by atoms with Gasteiger partial charge in [-0.15, -0.1) is 0 Å². The number of carbonyl (C=O) groups is 3. The molecule has 5 N–H and O–H groups in total. The predicted octanol–water partition coefficient (Wildman–Crippen LogP) is 1.08. The lowest BCUT2D eigenvalue weighted by Crippen LogP contribution is -2.27. The molecule has 2 aliphatic rings. The summed E-state index contributed by atoms with van der Waals surface area (Å²) in [4.78, 5) is 31.8. The number of likely N-dealkylation sites (tertiary alicyclic amines) is 1. The fraction of sp³-hybridized carbons (Fsp3) is 0.500. The molecule has 1 saturated heterocycles. The first-order valence-electron chi connectivity index (χ1n) is 8.69. The summed E-state index contributed by atoms with van der Waals surface area (Å²) in [7, 11) is 0. The lowest BCUT2D eigenvalue weighted by molar-refractivity contribution is -0.159. The van der Waals surface area contributed by atoms with Crippen molar-refractivity contribution < 1.29 is 24.6 Å². The number of carboxylic acids is 2. The number of hydrogen-bond donors (Lipinski definition) is 4. The highest BCUT2D eigenvalue weighted by Crippen LogP contribution is 2.37. The van der Waals surface area contributed by atoms with Gasteiger partial charge in [0.05, 0.1) is 0 Å². The quantitative estimate of drug-likeness (QED) is 0.575. The van der Waals surface area contributed by atoms with Crippen molar-refractivity contribution in [2.75, 3.05) is 31.5 Å². The molecule has 1 saturated carbocycles. The molecule has 8 heteroatoms. The molecule has 142 valence electrons. The van der Waals surface area contributed by atoms with Crippen LogP contribution in [0.3, 0.4) is 0 Å². The van der Waals surface area contributed by atoms with E-state index < -0.39 is 11.9 Å². The van der Waals surface area contributed by atoms with Crippen molar-refractivity contribution in [1.82, 2.24) is 4.90 Å². The van der Waals surface area contributed by atoms with E-state index in [9.17, 15) is 4.79 Å². The minimum absolute atomic E-state index is 0.375. The molecule has 1 aromatic rings. The minimum Gasteiger partial charge on any atom is -0.473 e. The maximum Gasteiger partial charge on any atom is 0.414 e. The molecule has 0 aromatic heterocycles. The zero-order valence-corrected chi connectivity index (χ0v) is 14.6. The average Bonchev–Trinajstić information content (AvgIpc) is 3.17. The summed E-state index contributed by atoms with van der Waals surface area (Å²) in [5.74, 6) is -2.10. The van der Waals surface area contributed by atoms with Gasteiger partial charge in [0, 0.05) is 37.4 Å². The third kappa shape index (κ3) is 5.73. The van der Waals surface area contributed by atoms with Gasteiger partial charge in [-0.3, -0.25) is 4.79 Å². The van der Waals surface area contributed by atoms with Crippen LogP contribution in [0.25, 0.3) is 0 Å². The normalized spacial score (nSPS) is 21.4. The number of carboxylic acid groups (broad SMARTS) is 2. The van der Waals surface area contributed by atoms with E-state index in [0.717, 1.165) is 30.6 Å². The van der Waals surface area contributed by atoms with Gasteiger partial charge in [0.15, 0.2) is 0 Å². The summed E-state index contributed by atoms with van der Waals surface area (Å²) >= 11 is 0. The summed E-state index contributed by atoms with van der Waals surface area (Å²) in [6, 6.07) is 7.37. The molecular weight excluding hydrogens is 338 g/mol. The number of benzene rings is 1. The third-order valence-corrected chi connectivity index (χ3v) is 4.91. The van der Waals surface area contributed by atoms with Crippen LogP contribution in [0.5, 0.6) is 0 Å². The molecule has 1 aliphatic carbocycles. The van der Waals surface area contributed by atoms with Gasteiger partial charge in [-0.25, -0.2) is 9.59 Å². The Morgan fingerprint density at radius 3 is 2.04 bits per heavy atom. The van der Waals surface area contributed by atoms with Crippen LogP contribution in [-0.2, 0) is 9.59 Å². The van der Waals surface area contributed by atoms with Crippen molar-refractivity contribution in [2.24, 2.45) is 17.6 Å². The summed E-state index contributed by atoms with van der Waals surface area (Å²) in [5.41, 5.74) is 6.83. The number of fused-ring (bicyclic) bond motifs is 1. The third-order valence-electron chi connectivity index (χ3n) is 4.91. The van der Waals surface area contributed by atoms with Gasteiger partial charge < -0.3 is 26.2 Å². The van der Waals surface area contributed by atoms with Gasteiger partial charge in [-0.2, -0.15) is 0 Å². The molecule has 1 aliphatic heterocycles. The summed E-state index contributed by atoms with van der Waals surface area (Å²) in [6.45, 7) is 4.62. The molecular formula is C18H25N3O5. The Labute approximate surface area is 152 Å². The molecule has 3 rings (SSSR count). The second-order valence-corrected chi connectivity index (χ2v) is 6.69. The Morgan fingerprint density at radius 2 is 1.58 bits per heavy atom. The maximum atomic E-state index is 11.0. The fourth-order valence-electron chi connectivity index (χ4n) is 3.63. The molecule has 8 nitrogen and oxygen atoms in total. The molecule has 2 fully saturated rings. The first-order chi connectivity index (χ1) is 12.4. The number of nitrogens with two attached hydrogens (primary N) is 1. The number of anilines is 1. The monoisotopic (exact) mass is 363 g/mol. The summed E-state index contributed by atoms with van der Waals surface area (Å²) < 4.78 is 0. The summed E-state index contributed by atoms with van der Waals surface area (Å²) in [5, 5.41) is 18.2. The molecule has 2 atom stereocenters. The van der Waals surface area contributed by atoms with Crippen molar-refractivity contribution in [3.63, 3.8) is 0 Å². The molecule has 1 aromatic carbocycles. The minimum atomic E-state index is -1.82. The first kappa shape index (κ1) is 19.7. The van der Waals surface area contributed by atoms with Gasteiger partial charge in [0.2, 0.25) is 5.91 Å². The van der Waals surface area contributed by atoms with Crippen LogP contribution >= 0.6 is 0 Å². The van der Waals surface area contributed by atoms with Crippen LogP contribution in [0.4, 0.5) is 5.69 Å². The standard InChI is InChI=1S/C16H23N3O.C2H2O4/c17-16(20)12-4-6-15(7-5-12)18-8-9-19-10-13-2-1-3-14(13)11-19;3-1(4)2(5)6/h4-7,13-14,18H,1-3,8-11H2,(H2,17,20);(H,3,4)(H,5,6). The van der Waals surface area contributed by atoms with Gasteiger partial charge in [-0.1, -0.05) is 6.42 Å². The van der Waals surface area contributed by atoms with E-state index in [-0.39, 0.29) is 5.91 Å². The zero-order chi connectivity index (χ0) is 19.1. The van der Waals surface area contributed by atoms with E-state index in [1.807, 2.05) is 12.1 Å². The van der Waals surface area contributed by atoms with Crippen molar-refractivity contribution in [3.8, 4) is 0 Å². The Hall–Kier alpha value is -2.61. The van der Waals surface area contributed by atoms with Crippen LogP contribution in [0.2, 0.25) is 0 Å². The van der Waals surface area contributed by atoms with E-state index in [1.54, 1.807) is 12.1 Å². The Kier molecular flexibility index (Phi) is 6.97. The van der Waals surface area contributed by atoms with E-state index in [4.69, 9.17) is 25.5 Å². The maximum absolute atomic E-state index is 11.0. The lowest BCUT2D eigenvalue weighted by atomic mass is 10.0. The molecule has 0 radical (unpaired) electrons. The number of hydrogen-bond acceptors (Lipinski definition) is 5. The molecule has 1 amide bonds. The van der Waals surface area contributed by atoms with E-state index in [2.05, 4.69) is 10.2 Å². The zero-order valence-electron chi connectivity index (χ0n) is 14.6. The van der Waals surface area contributed by atoms with E-state index in [1.165, 1.54) is 32.4 Å². The van der Waals surface area contributed by atoms with Crippen LogP contribution in [-0.4, -0.2) is 59.1 Å². The van der Waals surface area contributed by atoms with Crippen LogP contribution in [0.1, 0.15) is 29.6 Å². The highest BCUT2D eigenvalue weighted by molar-refractivity contribution is 6.27. The van der Waals surface area contributed by atoms with Gasteiger partial charge >= 0.3 is 11.9 Å². The van der Waals surface area contributed by atoms with Crippen LogP contribution < -0.4 is 11.1 Å². The second kappa shape index (κ2) is 9.19. The topological polar surface area (TPSA) is 133 Å². The Balaban J connectivity index is 0.000000352. The first-order valence-corrected chi connectivity index (χ1v) is 8.69. The highest BCUT2D eigenvalue weighted by atomic mass is 16.4. The number of nitrogens with zero attached hydrogens (tertiary/aromatic N) is 1. The van der Waals surface area contributed by atoms with E-state index >= 15 is 0 Å². The largest absolute Gasteiger partial charge is 0.473 e. The van der Waals surface area contributed by atoms with Crippen molar-refractivity contribution in [1.29, 1.82) is 0 Å². The van der Waals surface area contributed by atoms with Gasteiger partial charge in [-0.05, 0) is 48.9 Å². The van der Waals surface area contributed by atoms with Crippen LogP contribution in [0, 0.1) is 11.8 Å². The Morgan fingerprint density at radius 1 is 1.04 bits per heavy atom. The number of aliphatic carboxylic acids is 2. The average molecular weight is 363 g/mol. The van der Waals surface area contributed by atoms with Gasteiger partial charge in [0.25, 0.3) is 0 Å². The fourth-order valence-corrected chi connectivity index (χ4v) is 3.63. The van der Waals surface area contributed by atoms with Gasteiger partial charge in [0.1, 0.15) is 0 Å². The second-order valence-electron chi connectivity index (χ2n) is 6.69. The van der Waals surface area contributed by atoms with E-state index in [0.29, 0.717) is 5.56 Å². The molecule has 0 spiro atoms. The number of amides is 1. The number of primary amides is 1. The van der Waals surface area contributed by atoms with Crippen LogP contribution in [0.15, 0.2) is 24.3 Å². The SMILES string of the molecule is NC(=O)c1ccc(NCCN2CC3CCCC3C2)cc1.O=C(O)C(=O)O. The lowest BCUT2D eigenvalue weighted by Gasteiger charge is -2.17. The van der Waals surface area contributed by atoms with Crippen molar-refractivity contribution in [2.45, 2.75) is 19.3 Å². The molecule has 2 unspecified atom stereocenters. The molecule has 0 bridgehead atoms. The number of carbonyl (C=O) groups excluding carboxylic acids is 1. The predicted molar refractivity (Wildman–Crippen MR) is 96.0 cm³/mol. The summed E-state index contributed by atoms with van der Waals surface area (Å²) in [6.07, 6.45) is 4.31. The number of rotatable bonds is 5. The smallest absolute Gasteiger partial charge is 0.414 e. The number of nitrogens with one attached hydrogen (secondary N) is 1. The molecule has 1 heterocycles.